The lowest BCUT2D eigenvalue weighted by molar-refractivity contribution is -0.138. The van der Waals surface area contributed by atoms with E-state index >= 15 is 0 Å². The molecule has 30 heavy (non-hydrogen) atoms. The zero-order valence-electron chi connectivity index (χ0n) is 17.4. The van der Waals surface area contributed by atoms with Crippen molar-refractivity contribution in [2.75, 3.05) is 18.6 Å². The molecule has 1 saturated heterocycles. The maximum atomic E-state index is 13.5. The Morgan fingerprint density at radius 3 is 2.73 bits per heavy atom. The van der Waals surface area contributed by atoms with Crippen molar-refractivity contribution in [3.05, 3.63) is 51.9 Å². The smallest absolute Gasteiger partial charge is 0.417 e. The highest BCUT2D eigenvalue weighted by atomic mass is 16.6. The molecule has 0 unspecified atom stereocenters. The lowest BCUT2D eigenvalue weighted by Crippen LogP contribution is -2.67. The first-order chi connectivity index (χ1) is 14.2. The first-order valence-electron chi connectivity index (χ1n) is 9.83. The van der Waals surface area contributed by atoms with E-state index in [2.05, 4.69) is 10.0 Å². The van der Waals surface area contributed by atoms with E-state index < -0.39 is 34.8 Å². The number of fused-ring (bicyclic) bond motifs is 1. The lowest BCUT2D eigenvalue weighted by atomic mass is 9.62. The Morgan fingerprint density at radius 1 is 1.33 bits per heavy atom. The van der Waals surface area contributed by atoms with Crippen LogP contribution >= 0.6 is 0 Å². The fraction of sp³-hybridized carbons (Fsp3) is 0.524. The average Bonchev–Trinajstić information content (AvgIpc) is 3.19. The molecule has 1 aromatic rings. The molecule has 0 spiro atoms. The summed E-state index contributed by atoms with van der Waals surface area (Å²) in [5.74, 6) is -0.495. The van der Waals surface area contributed by atoms with Crippen LogP contribution < -0.4 is 4.90 Å². The molecule has 1 aliphatic carbocycles. The minimum atomic E-state index is -1.41. The van der Waals surface area contributed by atoms with E-state index in [0.717, 1.165) is 5.56 Å². The number of carbonyl (C=O) groups is 2. The van der Waals surface area contributed by atoms with Crippen LogP contribution in [0.3, 0.4) is 0 Å². The van der Waals surface area contributed by atoms with Gasteiger partial charge in [0.1, 0.15) is 5.60 Å². The summed E-state index contributed by atoms with van der Waals surface area (Å²) < 4.78 is 17.1. The molecule has 4 rings (SSSR count). The van der Waals surface area contributed by atoms with Crippen molar-refractivity contribution in [2.45, 2.75) is 56.4 Å². The van der Waals surface area contributed by atoms with Crippen LogP contribution in [0.5, 0.6) is 0 Å². The first-order valence-corrected chi connectivity index (χ1v) is 9.83. The molecule has 0 bridgehead atoms. The third-order valence-corrected chi connectivity index (χ3v) is 5.98. The van der Waals surface area contributed by atoms with E-state index in [4.69, 9.17) is 14.2 Å². The van der Waals surface area contributed by atoms with Crippen molar-refractivity contribution in [2.24, 2.45) is 5.11 Å². The van der Waals surface area contributed by atoms with Crippen molar-refractivity contribution < 1.29 is 23.8 Å². The van der Waals surface area contributed by atoms with Crippen LogP contribution in [0, 0.1) is 0 Å². The van der Waals surface area contributed by atoms with Gasteiger partial charge in [-0.05, 0) is 50.8 Å². The molecule has 0 radical (unpaired) electrons. The van der Waals surface area contributed by atoms with E-state index in [1.165, 1.54) is 12.0 Å². The van der Waals surface area contributed by atoms with Crippen LogP contribution in [0.15, 0.2) is 41.0 Å². The van der Waals surface area contributed by atoms with Crippen LogP contribution in [-0.4, -0.2) is 43.1 Å². The topological polar surface area (TPSA) is 114 Å². The molecular weight excluding hydrogens is 388 g/mol. The van der Waals surface area contributed by atoms with Gasteiger partial charge in [-0.2, -0.15) is 0 Å². The highest BCUT2D eigenvalue weighted by molar-refractivity contribution is 6.00. The summed E-state index contributed by atoms with van der Waals surface area (Å²) in [7, 11) is 1.32. The van der Waals surface area contributed by atoms with Crippen molar-refractivity contribution in [1.29, 1.82) is 0 Å². The molecule has 0 N–H and O–H groups in total. The maximum absolute atomic E-state index is 13.5. The average molecular weight is 412 g/mol. The number of ether oxygens (including phenoxy) is 3. The predicted molar refractivity (Wildman–Crippen MR) is 108 cm³/mol. The number of anilines is 1. The van der Waals surface area contributed by atoms with Gasteiger partial charge < -0.3 is 14.2 Å². The van der Waals surface area contributed by atoms with Crippen LogP contribution in [0.25, 0.3) is 10.4 Å². The van der Waals surface area contributed by atoms with Gasteiger partial charge >= 0.3 is 12.1 Å². The molecule has 1 amide bonds. The number of azide groups is 1. The number of amides is 1. The van der Waals surface area contributed by atoms with Crippen LogP contribution in [0.1, 0.15) is 39.2 Å². The number of carbonyl (C=O) groups excluding carboxylic acids is 2. The molecule has 3 atom stereocenters. The highest BCUT2D eigenvalue weighted by Gasteiger charge is 2.74. The van der Waals surface area contributed by atoms with Crippen LogP contribution in [0.4, 0.5) is 10.5 Å². The number of hydrogen-bond acceptors (Lipinski definition) is 6. The van der Waals surface area contributed by atoms with E-state index in [-0.39, 0.29) is 13.0 Å². The lowest BCUT2D eigenvalue weighted by Gasteiger charge is -2.49. The molecule has 0 aromatic heterocycles. The van der Waals surface area contributed by atoms with Crippen molar-refractivity contribution in [1.82, 2.24) is 0 Å². The van der Waals surface area contributed by atoms with Gasteiger partial charge in [-0.3, -0.25) is 0 Å². The summed E-state index contributed by atoms with van der Waals surface area (Å²) in [5, 5.41) is 4.00. The fourth-order valence-corrected chi connectivity index (χ4v) is 5.12. The minimum Gasteiger partial charge on any atom is -0.466 e. The number of esters is 1. The molecular formula is C21H24N4O5. The van der Waals surface area contributed by atoms with Gasteiger partial charge in [0, 0.05) is 10.5 Å². The van der Waals surface area contributed by atoms with Gasteiger partial charge in [0.05, 0.1) is 30.9 Å². The quantitative estimate of drug-likeness (QED) is 0.315. The number of rotatable bonds is 2. The second kappa shape index (κ2) is 6.75. The number of para-hydroxylation sites is 1. The number of benzene rings is 1. The van der Waals surface area contributed by atoms with Gasteiger partial charge in [-0.25, -0.2) is 14.5 Å². The van der Waals surface area contributed by atoms with Crippen LogP contribution in [-0.2, 0) is 24.4 Å². The Labute approximate surface area is 174 Å². The van der Waals surface area contributed by atoms with Gasteiger partial charge in [0.25, 0.3) is 0 Å². The van der Waals surface area contributed by atoms with Gasteiger partial charge in [0.15, 0.2) is 5.72 Å². The van der Waals surface area contributed by atoms with Crippen molar-refractivity contribution in [3.63, 3.8) is 0 Å². The maximum Gasteiger partial charge on any atom is 0.417 e. The normalized spacial score (nSPS) is 29.1. The third-order valence-electron chi connectivity index (χ3n) is 5.98. The Balaban J connectivity index is 2.03. The molecule has 0 saturated carbocycles. The molecule has 9 nitrogen and oxygen atoms in total. The first kappa shape index (κ1) is 20.3. The standard InChI is InChI=1S/C21H24N4O5/c1-19(2,3)30-18(27)25-15-8-6-5-7-13(15)20-11-12-29-21(20,25)16(23-24-22)10-9-14(20)17(26)28-4/h5-9,16H,10-12H2,1-4H3/t16-,20-,21-/m0/s1. The number of methoxy groups -OCH3 is 1. The van der Waals surface area contributed by atoms with Crippen molar-refractivity contribution >= 4 is 17.7 Å². The van der Waals surface area contributed by atoms with Gasteiger partial charge in [-0.15, -0.1) is 0 Å². The Morgan fingerprint density at radius 2 is 2.07 bits per heavy atom. The van der Waals surface area contributed by atoms with Crippen molar-refractivity contribution in [3.8, 4) is 0 Å². The molecule has 1 fully saturated rings. The highest BCUT2D eigenvalue weighted by Crippen LogP contribution is 2.65. The van der Waals surface area contributed by atoms with E-state index in [0.29, 0.717) is 17.7 Å². The molecule has 1 aromatic carbocycles. The van der Waals surface area contributed by atoms with Gasteiger partial charge in [-0.1, -0.05) is 29.4 Å². The molecule has 158 valence electrons. The van der Waals surface area contributed by atoms with Crippen LogP contribution in [0.2, 0.25) is 0 Å². The molecule has 9 heteroatoms. The van der Waals surface area contributed by atoms with Gasteiger partial charge in [0.2, 0.25) is 0 Å². The summed E-state index contributed by atoms with van der Waals surface area (Å²) in [6.45, 7) is 5.61. The summed E-state index contributed by atoms with van der Waals surface area (Å²) in [6.07, 6.45) is 1.78. The summed E-state index contributed by atoms with van der Waals surface area (Å²) in [5.41, 5.74) is 7.80. The minimum absolute atomic E-state index is 0.226. The Bertz CT molecular complexity index is 993. The Kier molecular flexibility index (Phi) is 4.56. The summed E-state index contributed by atoms with van der Waals surface area (Å²) in [6, 6.07) is 6.57. The van der Waals surface area contributed by atoms with E-state index in [1.54, 1.807) is 39.0 Å². The second-order valence-electron chi connectivity index (χ2n) is 8.60. The van der Waals surface area contributed by atoms with E-state index in [1.807, 2.05) is 12.1 Å². The fourth-order valence-electron chi connectivity index (χ4n) is 5.12. The third kappa shape index (κ3) is 2.49. The second-order valence-corrected chi connectivity index (χ2v) is 8.60. The predicted octanol–water partition coefficient (Wildman–Crippen LogP) is 3.98. The zero-order valence-corrected chi connectivity index (χ0v) is 17.4. The Hall–Kier alpha value is -3.03. The number of hydrogen-bond donors (Lipinski definition) is 0. The summed E-state index contributed by atoms with van der Waals surface area (Å²) in [4.78, 5) is 30.8. The van der Waals surface area contributed by atoms with E-state index in [9.17, 15) is 15.1 Å². The summed E-state index contributed by atoms with van der Waals surface area (Å²) >= 11 is 0. The molecule has 2 aliphatic heterocycles. The zero-order chi connectivity index (χ0) is 21.7. The molecule has 3 aliphatic rings. The SMILES string of the molecule is COC(=O)C1=CC[C@H](N=[N+]=[N-])[C@]23OCC[C@]12c1ccccc1N3C(=O)OC(C)(C)C. The largest absolute Gasteiger partial charge is 0.466 e. The monoisotopic (exact) mass is 412 g/mol. The molecule has 2 heterocycles. The number of nitrogens with zero attached hydrogens (tertiary/aromatic N) is 4.